The van der Waals surface area contributed by atoms with E-state index in [1.54, 1.807) is 0 Å². The van der Waals surface area contributed by atoms with Gasteiger partial charge in [0, 0.05) is 0 Å². The van der Waals surface area contributed by atoms with Gasteiger partial charge in [-0.2, -0.15) is 11.5 Å². The van der Waals surface area contributed by atoms with Crippen LogP contribution in [0.3, 0.4) is 0 Å². The van der Waals surface area contributed by atoms with Gasteiger partial charge >= 0.3 is 13.9 Å². The Hall–Kier alpha value is -0.275. The molecule has 0 amide bonds. The molecule has 2 rings (SSSR count). The molecule has 0 bridgehead atoms. The summed E-state index contributed by atoms with van der Waals surface area (Å²) >= 11 is 6.37. The van der Waals surface area contributed by atoms with Gasteiger partial charge in [0.2, 0.25) is 0 Å². The SMILES string of the molecule is CCOP(=O)(Cc1ccccc1)OB(Cl)C1CCCCC1. The van der Waals surface area contributed by atoms with Crippen LogP contribution in [0.2, 0.25) is 5.82 Å². The minimum atomic E-state index is -3.20. The molecule has 0 spiro atoms. The van der Waals surface area contributed by atoms with Crippen LogP contribution in [0, 0.1) is 0 Å². The van der Waals surface area contributed by atoms with E-state index in [2.05, 4.69) is 0 Å². The molecule has 0 aliphatic heterocycles. The highest BCUT2D eigenvalue weighted by molar-refractivity contribution is 7.55. The lowest BCUT2D eigenvalue weighted by Crippen LogP contribution is -2.21. The van der Waals surface area contributed by atoms with Crippen molar-refractivity contribution in [3.05, 3.63) is 35.9 Å². The molecule has 1 aliphatic carbocycles. The van der Waals surface area contributed by atoms with E-state index in [0.29, 0.717) is 6.61 Å². The summed E-state index contributed by atoms with van der Waals surface area (Å²) in [6, 6.07) is 9.63. The summed E-state index contributed by atoms with van der Waals surface area (Å²) in [4.78, 5) is 0. The average Bonchev–Trinajstić information content (AvgIpc) is 2.49. The van der Waals surface area contributed by atoms with Crippen LogP contribution in [0.5, 0.6) is 0 Å². The van der Waals surface area contributed by atoms with Crippen LogP contribution in [0.1, 0.15) is 44.6 Å². The van der Waals surface area contributed by atoms with Gasteiger partial charge in [0.25, 0.3) is 0 Å². The van der Waals surface area contributed by atoms with Gasteiger partial charge in [-0.25, -0.2) is 0 Å². The molecule has 21 heavy (non-hydrogen) atoms. The van der Waals surface area contributed by atoms with Crippen molar-refractivity contribution >= 4 is 25.4 Å². The summed E-state index contributed by atoms with van der Waals surface area (Å²) in [5.74, 6) is 0.282. The Balaban J connectivity index is 2.01. The van der Waals surface area contributed by atoms with Crippen LogP contribution in [-0.4, -0.2) is 12.9 Å². The molecular weight excluding hydrogens is 305 g/mol. The first kappa shape index (κ1) is 17.1. The van der Waals surface area contributed by atoms with Gasteiger partial charge in [-0.05, 0) is 18.3 Å². The van der Waals surface area contributed by atoms with Crippen molar-refractivity contribution in [2.45, 2.75) is 51.0 Å². The highest BCUT2D eigenvalue weighted by Crippen LogP contribution is 2.54. The van der Waals surface area contributed by atoms with Gasteiger partial charge in [0.15, 0.2) is 0 Å². The molecule has 0 radical (unpaired) electrons. The van der Waals surface area contributed by atoms with Crippen molar-refractivity contribution in [1.82, 2.24) is 0 Å². The third-order valence-electron chi connectivity index (χ3n) is 3.83. The van der Waals surface area contributed by atoms with E-state index >= 15 is 0 Å². The largest absolute Gasteiger partial charge is 0.409 e. The zero-order valence-corrected chi connectivity index (χ0v) is 14.2. The van der Waals surface area contributed by atoms with Crippen LogP contribution >= 0.6 is 19.1 Å². The Labute approximate surface area is 132 Å². The minimum Gasteiger partial charge on any atom is -0.351 e. The molecule has 1 saturated carbocycles. The van der Waals surface area contributed by atoms with Gasteiger partial charge in [-0.1, -0.05) is 62.4 Å². The fraction of sp³-hybridized carbons (Fsp3) is 0.600. The van der Waals surface area contributed by atoms with Crippen molar-refractivity contribution in [1.29, 1.82) is 0 Å². The van der Waals surface area contributed by atoms with Gasteiger partial charge in [0.1, 0.15) is 0 Å². The van der Waals surface area contributed by atoms with Gasteiger partial charge < -0.3 is 8.96 Å². The van der Waals surface area contributed by atoms with E-state index in [0.717, 1.165) is 18.4 Å². The highest BCUT2D eigenvalue weighted by Gasteiger charge is 2.35. The van der Waals surface area contributed by atoms with E-state index < -0.39 is 13.9 Å². The minimum absolute atomic E-state index is 0.275. The molecule has 0 heterocycles. The van der Waals surface area contributed by atoms with E-state index in [1.807, 2.05) is 37.3 Å². The molecule has 1 unspecified atom stereocenters. The summed E-state index contributed by atoms with van der Waals surface area (Å²) in [6.45, 7) is 2.18. The fourth-order valence-electron chi connectivity index (χ4n) is 2.75. The summed E-state index contributed by atoms with van der Waals surface area (Å²) in [7, 11) is -3.20. The molecule has 1 fully saturated rings. The zero-order chi connectivity index (χ0) is 15.1. The summed E-state index contributed by atoms with van der Waals surface area (Å²) in [5, 5.41) is 0. The summed E-state index contributed by atoms with van der Waals surface area (Å²) in [5.41, 5.74) is 0.946. The van der Waals surface area contributed by atoms with E-state index in [4.69, 9.17) is 20.4 Å². The Morgan fingerprint density at radius 3 is 2.52 bits per heavy atom. The first-order valence-electron chi connectivity index (χ1n) is 7.73. The molecule has 6 heteroatoms. The van der Waals surface area contributed by atoms with E-state index in [1.165, 1.54) is 19.3 Å². The molecule has 116 valence electrons. The first-order chi connectivity index (χ1) is 10.1. The third kappa shape index (κ3) is 5.45. The molecule has 1 aromatic carbocycles. The maximum Gasteiger partial charge on any atom is 0.409 e. The van der Waals surface area contributed by atoms with E-state index in [9.17, 15) is 4.57 Å². The zero-order valence-electron chi connectivity index (χ0n) is 12.5. The standard InChI is InChI=1S/C15H23BClO3P/c1-2-19-21(18,13-14-9-5-3-6-10-14)20-16(17)15-11-7-4-8-12-15/h3,5-6,9-10,15H,2,4,7-8,11-13H2,1H3. The van der Waals surface area contributed by atoms with Crippen LogP contribution in [0.25, 0.3) is 0 Å². The lowest BCUT2D eigenvalue weighted by atomic mass is 9.70. The van der Waals surface area contributed by atoms with Crippen molar-refractivity contribution in [2.24, 2.45) is 0 Å². The molecule has 0 aromatic heterocycles. The number of rotatable bonds is 7. The quantitative estimate of drug-likeness (QED) is 0.490. The van der Waals surface area contributed by atoms with E-state index in [-0.39, 0.29) is 12.0 Å². The number of hydrogen-bond donors (Lipinski definition) is 0. The second kappa shape index (κ2) is 8.38. The number of benzene rings is 1. The topological polar surface area (TPSA) is 35.5 Å². The second-order valence-electron chi connectivity index (χ2n) is 5.53. The van der Waals surface area contributed by atoms with Crippen LogP contribution in [0.4, 0.5) is 0 Å². The first-order valence-corrected chi connectivity index (χ1v) is 9.89. The van der Waals surface area contributed by atoms with Gasteiger partial charge in [-0.3, -0.25) is 4.57 Å². The van der Waals surface area contributed by atoms with Crippen molar-refractivity contribution < 1.29 is 13.5 Å². The molecule has 0 saturated heterocycles. The maximum absolute atomic E-state index is 12.9. The number of hydrogen-bond acceptors (Lipinski definition) is 3. The smallest absolute Gasteiger partial charge is 0.351 e. The Bertz CT molecular complexity index is 465. The van der Waals surface area contributed by atoms with Crippen LogP contribution in [-0.2, 0) is 19.7 Å². The molecule has 1 atom stereocenters. The molecule has 0 N–H and O–H groups in total. The molecular formula is C15H23BClO3P. The normalized spacial score (nSPS) is 19.1. The average molecular weight is 329 g/mol. The lowest BCUT2D eigenvalue weighted by molar-refractivity contribution is 0.277. The predicted octanol–water partition coefficient (Wildman–Crippen LogP) is 5.49. The molecule has 1 aromatic rings. The Kier molecular flexibility index (Phi) is 6.82. The van der Waals surface area contributed by atoms with Crippen molar-refractivity contribution in [3.63, 3.8) is 0 Å². The van der Waals surface area contributed by atoms with Crippen molar-refractivity contribution in [3.8, 4) is 0 Å². The Morgan fingerprint density at radius 2 is 1.90 bits per heavy atom. The monoisotopic (exact) mass is 328 g/mol. The fourth-order valence-corrected chi connectivity index (χ4v) is 5.13. The number of halogens is 1. The molecule has 1 aliphatic rings. The van der Waals surface area contributed by atoms with Gasteiger partial charge in [-0.15, -0.1) is 0 Å². The Morgan fingerprint density at radius 1 is 1.24 bits per heavy atom. The van der Waals surface area contributed by atoms with Crippen LogP contribution in [0.15, 0.2) is 30.3 Å². The van der Waals surface area contributed by atoms with Gasteiger partial charge in [0.05, 0.1) is 12.8 Å². The second-order valence-corrected chi connectivity index (χ2v) is 7.96. The maximum atomic E-state index is 12.9. The van der Waals surface area contributed by atoms with Crippen LogP contribution < -0.4 is 0 Å². The lowest BCUT2D eigenvalue weighted by Gasteiger charge is -2.27. The third-order valence-corrected chi connectivity index (χ3v) is 6.35. The van der Waals surface area contributed by atoms with Crippen molar-refractivity contribution in [2.75, 3.05) is 6.61 Å². The predicted molar refractivity (Wildman–Crippen MR) is 88.9 cm³/mol. The highest BCUT2D eigenvalue weighted by atomic mass is 35.5. The summed E-state index contributed by atoms with van der Waals surface area (Å²) in [6.07, 6.45) is 5.46. The molecule has 3 nitrogen and oxygen atoms in total. The summed E-state index contributed by atoms with van der Waals surface area (Å²) < 4.78 is 24.1.